The predicted octanol–water partition coefficient (Wildman–Crippen LogP) is 3.34. The van der Waals surface area contributed by atoms with Gasteiger partial charge >= 0.3 is 0 Å². The highest BCUT2D eigenvalue weighted by molar-refractivity contribution is 7.99. The number of aromatic nitrogens is 2. The molecule has 1 heterocycles. The Balaban J connectivity index is 2.08. The first-order valence-electron chi connectivity index (χ1n) is 6.66. The number of benzene rings is 2. The van der Waals surface area contributed by atoms with Crippen LogP contribution in [0.3, 0.4) is 0 Å². The lowest BCUT2D eigenvalue weighted by Gasteiger charge is -2.08. The summed E-state index contributed by atoms with van der Waals surface area (Å²) < 4.78 is 0. The number of hydrogen-bond acceptors (Lipinski definition) is 4. The second kappa shape index (κ2) is 5.61. The van der Waals surface area contributed by atoms with Crippen LogP contribution in [-0.2, 0) is 6.42 Å². The third-order valence-electron chi connectivity index (χ3n) is 3.18. The molecule has 0 bridgehead atoms. The lowest BCUT2D eigenvalue weighted by Crippen LogP contribution is -2.10. The zero-order valence-electron chi connectivity index (χ0n) is 11.5. The Morgan fingerprint density at radius 2 is 1.95 bits per heavy atom. The van der Waals surface area contributed by atoms with E-state index in [2.05, 4.69) is 9.97 Å². The second-order valence-electron chi connectivity index (χ2n) is 4.61. The molecule has 0 saturated carbocycles. The summed E-state index contributed by atoms with van der Waals surface area (Å²) >= 11 is 1.43. The average molecular weight is 298 g/mol. The summed E-state index contributed by atoms with van der Waals surface area (Å²) in [4.78, 5) is 19.7. The lowest BCUT2D eigenvalue weighted by atomic mass is 10.1. The Morgan fingerprint density at radius 3 is 2.71 bits per heavy atom. The Morgan fingerprint density at radius 1 is 1.19 bits per heavy atom. The van der Waals surface area contributed by atoms with E-state index in [1.807, 2.05) is 37.3 Å². The first kappa shape index (κ1) is 13.7. The number of phenols is 1. The molecule has 0 spiro atoms. The van der Waals surface area contributed by atoms with E-state index in [9.17, 15) is 9.90 Å². The fourth-order valence-electron chi connectivity index (χ4n) is 2.16. The standard InChI is InChI=1S/C16H14N2O2S/c1-2-14-17-15(20)9-16(18-14)21-13-8-7-12(19)10-5-3-4-6-11(10)13/h3-9,19H,2H2,1H3,(H,17,18,20). The highest BCUT2D eigenvalue weighted by Gasteiger charge is 2.08. The number of aryl methyl sites for hydroxylation is 1. The second-order valence-corrected chi connectivity index (χ2v) is 5.68. The number of nitrogens with one attached hydrogen (secondary N) is 1. The van der Waals surface area contributed by atoms with Crippen molar-refractivity contribution >= 4 is 22.5 Å². The van der Waals surface area contributed by atoms with Crippen molar-refractivity contribution in [2.24, 2.45) is 0 Å². The van der Waals surface area contributed by atoms with E-state index in [4.69, 9.17) is 0 Å². The highest BCUT2D eigenvalue weighted by atomic mass is 32.2. The van der Waals surface area contributed by atoms with Crippen molar-refractivity contribution < 1.29 is 5.11 Å². The maximum atomic E-state index is 11.6. The van der Waals surface area contributed by atoms with Crippen LogP contribution in [0.1, 0.15) is 12.7 Å². The number of fused-ring (bicyclic) bond motifs is 1. The molecule has 0 aliphatic carbocycles. The van der Waals surface area contributed by atoms with Crippen molar-refractivity contribution in [1.82, 2.24) is 9.97 Å². The Kier molecular flexibility index (Phi) is 3.66. The van der Waals surface area contributed by atoms with Crippen molar-refractivity contribution in [3.63, 3.8) is 0 Å². The molecule has 0 saturated heterocycles. The summed E-state index contributed by atoms with van der Waals surface area (Å²) in [5, 5.41) is 12.3. The van der Waals surface area contributed by atoms with Crippen molar-refractivity contribution in [2.75, 3.05) is 0 Å². The molecule has 0 amide bonds. The molecule has 0 aliphatic rings. The van der Waals surface area contributed by atoms with Crippen LogP contribution in [0.5, 0.6) is 5.75 Å². The van der Waals surface area contributed by atoms with E-state index < -0.39 is 0 Å². The van der Waals surface area contributed by atoms with Crippen LogP contribution >= 0.6 is 11.8 Å². The van der Waals surface area contributed by atoms with Gasteiger partial charge in [-0.3, -0.25) is 4.79 Å². The van der Waals surface area contributed by atoms with Gasteiger partial charge < -0.3 is 10.1 Å². The number of hydrogen-bond donors (Lipinski definition) is 2. The van der Waals surface area contributed by atoms with Crippen molar-refractivity contribution in [1.29, 1.82) is 0 Å². The van der Waals surface area contributed by atoms with Crippen molar-refractivity contribution in [2.45, 2.75) is 23.3 Å². The first-order valence-corrected chi connectivity index (χ1v) is 7.48. The molecule has 106 valence electrons. The third kappa shape index (κ3) is 2.78. The number of phenolic OH excluding ortho intramolecular Hbond substituents is 1. The van der Waals surface area contributed by atoms with E-state index in [-0.39, 0.29) is 11.3 Å². The minimum atomic E-state index is -0.146. The van der Waals surface area contributed by atoms with Gasteiger partial charge in [-0.2, -0.15) is 0 Å². The van der Waals surface area contributed by atoms with Crippen LogP contribution in [0.2, 0.25) is 0 Å². The zero-order valence-corrected chi connectivity index (χ0v) is 12.3. The molecule has 0 unspecified atom stereocenters. The normalized spacial score (nSPS) is 10.9. The van der Waals surface area contributed by atoms with Crippen molar-refractivity contribution in [3.05, 3.63) is 58.6 Å². The molecule has 4 nitrogen and oxygen atoms in total. The van der Waals surface area contributed by atoms with Crippen LogP contribution in [0.15, 0.2) is 57.2 Å². The fourth-order valence-corrected chi connectivity index (χ4v) is 3.13. The van der Waals surface area contributed by atoms with Crippen molar-refractivity contribution in [3.8, 4) is 5.75 Å². The quantitative estimate of drug-likeness (QED) is 0.728. The Labute approximate surface area is 125 Å². The van der Waals surface area contributed by atoms with Gasteiger partial charge in [0.05, 0.1) is 0 Å². The van der Waals surface area contributed by atoms with Gasteiger partial charge in [-0.25, -0.2) is 4.98 Å². The number of H-pyrrole nitrogens is 1. The number of rotatable bonds is 3. The minimum Gasteiger partial charge on any atom is -0.507 e. The first-order chi connectivity index (χ1) is 10.2. The molecule has 21 heavy (non-hydrogen) atoms. The van der Waals surface area contributed by atoms with Gasteiger partial charge in [0.25, 0.3) is 5.56 Å². The molecule has 3 rings (SSSR count). The predicted molar refractivity (Wildman–Crippen MR) is 84.0 cm³/mol. The van der Waals surface area contributed by atoms with Crippen LogP contribution in [0, 0.1) is 0 Å². The lowest BCUT2D eigenvalue weighted by molar-refractivity contribution is 0.481. The van der Waals surface area contributed by atoms with Gasteiger partial charge in [-0.15, -0.1) is 0 Å². The highest BCUT2D eigenvalue weighted by Crippen LogP contribution is 2.35. The van der Waals surface area contributed by atoms with Gasteiger partial charge in [0.2, 0.25) is 0 Å². The monoisotopic (exact) mass is 298 g/mol. The summed E-state index contributed by atoms with van der Waals surface area (Å²) in [5.74, 6) is 0.927. The van der Waals surface area contributed by atoms with Gasteiger partial charge in [-0.1, -0.05) is 43.0 Å². The van der Waals surface area contributed by atoms with Crippen LogP contribution in [0.25, 0.3) is 10.8 Å². The molecular weight excluding hydrogens is 284 g/mol. The molecule has 5 heteroatoms. The average Bonchev–Trinajstić information content (AvgIpc) is 2.50. The summed E-state index contributed by atoms with van der Waals surface area (Å²) in [5.41, 5.74) is -0.146. The summed E-state index contributed by atoms with van der Waals surface area (Å²) in [6.07, 6.45) is 0.681. The molecular formula is C16H14N2O2S. The molecule has 0 fully saturated rings. The van der Waals surface area contributed by atoms with E-state index in [1.165, 1.54) is 17.8 Å². The van der Waals surface area contributed by atoms with E-state index in [1.54, 1.807) is 6.07 Å². The van der Waals surface area contributed by atoms with E-state index in [0.717, 1.165) is 15.7 Å². The number of nitrogens with zero attached hydrogens (tertiary/aromatic N) is 1. The fraction of sp³-hybridized carbons (Fsp3) is 0.125. The van der Waals surface area contributed by atoms with Crippen LogP contribution < -0.4 is 5.56 Å². The number of aromatic amines is 1. The van der Waals surface area contributed by atoms with Gasteiger partial charge in [-0.05, 0) is 17.5 Å². The van der Waals surface area contributed by atoms with Crippen LogP contribution in [-0.4, -0.2) is 15.1 Å². The summed E-state index contributed by atoms with van der Waals surface area (Å²) in [6.45, 7) is 1.95. The third-order valence-corrected chi connectivity index (χ3v) is 4.17. The smallest absolute Gasteiger partial charge is 0.251 e. The maximum Gasteiger partial charge on any atom is 0.251 e. The molecule has 2 aromatic carbocycles. The SMILES string of the molecule is CCc1nc(Sc2ccc(O)c3ccccc23)cc(=O)[nH]1. The summed E-state index contributed by atoms with van der Waals surface area (Å²) in [7, 11) is 0. The van der Waals surface area contributed by atoms with Gasteiger partial charge in [0.15, 0.2) is 0 Å². The van der Waals surface area contributed by atoms with Crippen LogP contribution in [0.4, 0.5) is 0 Å². The maximum absolute atomic E-state index is 11.6. The van der Waals surface area contributed by atoms with Gasteiger partial charge in [0.1, 0.15) is 16.6 Å². The largest absolute Gasteiger partial charge is 0.507 e. The molecule has 0 radical (unpaired) electrons. The van der Waals surface area contributed by atoms with E-state index in [0.29, 0.717) is 17.3 Å². The molecule has 0 aliphatic heterocycles. The topological polar surface area (TPSA) is 66.0 Å². The van der Waals surface area contributed by atoms with Gasteiger partial charge in [0, 0.05) is 22.8 Å². The van der Waals surface area contributed by atoms with E-state index >= 15 is 0 Å². The zero-order chi connectivity index (χ0) is 14.8. The number of aromatic hydroxyl groups is 1. The molecule has 1 aromatic heterocycles. The minimum absolute atomic E-state index is 0.146. The molecule has 2 N–H and O–H groups in total. The Bertz CT molecular complexity index is 858. The summed E-state index contributed by atoms with van der Waals surface area (Å²) in [6, 6.07) is 12.6. The Hall–Kier alpha value is -2.27. The molecule has 3 aromatic rings. The molecule has 0 atom stereocenters.